The van der Waals surface area contributed by atoms with Crippen LogP contribution in [0.15, 0.2) is 66.7 Å². The number of hydrogen-bond acceptors (Lipinski definition) is 6. The molecule has 0 radical (unpaired) electrons. The van der Waals surface area contributed by atoms with Crippen molar-refractivity contribution in [2.75, 3.05) is 52.5 Å². The first-order chi connectivity index (χ1) is 19.8. The second-order valence-corrected chi connectivity index (χ2v) is 11.9. The third-order valence-electron chi connectivity index (χ3n) is 8.14. The second-order valence-electron chi connectivity index (χ2n) is 10.9. The van der Waals surface area contributed by atoms with Crippen molar-refractivity contribution < 1.29 is 14.3 Å². The van der Waals surface area contributed by atoms with Gasteiger partial charge in [0, 0.05) is 22.7 Å². The minimum absolute atomic E-state index is 0.603. The van der Waals surface area contributed by atoms with Crippen LogP contribution in [0, 0.1) is 0 Å². The van der Waals surface area contributed by atoms with E-state index in [1.54, 1.807) is 11.3 Å². The van der Waals surface area contributed by atoms with Crippen molar-refractivity contribution >= 4 is 27.7 Å². The Bertz CT molecular complexity index is 1420. The zero-order valence-electron chi connectivity index (χ0n) is 23.1. The topological polar surface area (TPSA) is 42.0 Å². The minimum Gasteiger partial charge on any atom is -0.492 e. The molecule has 3 aromatic carbocycles. The molecule has 0 N–H and O–H groups in total. The molecule has 0 spiro atoms. The summed E-state index contributed by atoms with van der Waals surface area (Å²) >= 11 is 1.79. The molecule has 0 aliphatic carbocycles. The maximum atomic E-state index is 12.1. The summed E-state index contributed by atoms with van der Waals surface area (Å²) in [5.74, 6) is 1.59. The van der Waals surface area contributed by atoms with E-state index in [2.05, 4.69) is 64.4 Å². The predicted molar refractivity (Wildman–Crippen MR) is 164 cm³/mol. The molecule has 6 heteroatoms. The largest absolute Gasteiger partial charge is 0.492 e. The summed E-state index contributed by atoms with van der Waals surface area (Å²) in [6, 6.07) is 23.2. The lowest BCUT2D eigenvalue weighted by atomic mass is 9.98. The van der Waals surface area contributed by atoms with Gasteiger partial charge < -0.3 is 9.47 Å². The number of thiophene rings is 1. The fraction of sp³-hybridized carbons (Fsp3) is 0.382. The summed E-state index contributed by atoms with van der Waals surface area (Å²) < 4.78 is 13.3. The number of hydrogen-bond donors (Lipinski definition) is 0. The normalized spacial score (nSPS) is 16.1. The maximum absolute atomic E-state index is 12.1. The van der Waals surface area contributed by atoms with Crippen molar-refractivity contribution in [1.82, 2.24) is 9.80 Å². The third-order valence-corrected chi connectivity index (χ3v) is 9.40. The molecule has 2 saturated heterocycles. The van der Waals surface area contributed by atoms with Gasteiger partial charge in [-0.25, -0.2) is 0 Å². The molecule has 208 valence electrons. The third kappa shape index (κ3) is 6.41. The van der Waals surface area contributed by atoms with Gasteiger partial charge >= 0.3 is 0 Å². The highest BCUT2D eigenvalue weighted by Crippen LogP contribution is 2.41. The monoisotopic (exact) mass is 554 g/mol. The van der Waals surface area contributed by atoms with E-state index >= 15 is 0 Å². The van der Waals surface area contributed by atoms with Crippen LogP contribution >= 0.6 is 11.3 Å². The van der Waals surface area contributed by atoms with Gasteiger partial charge in [-0.05, 0) is 117 Å². The molecule has 40 heavy (non-hydrogen) atoms. The van der Waals surface area contributed by atoms with Crippen LogP contribution in [-0.4, -0.2) is 68.6 Å². The molecule has 3 heterocycles. The van der Waals surface area contributed by atoms with Gasteiger partial charge in [0.05, 0.1) is 5.56 Å². The van der Waals surface area contributed by atoms with E-state index in [1.807, 2.05) is 12.1 Å². The van der Waals surface area contributed by atoms with E-state index in [1.165, 1.54) is 64.9 Å². The Hall–Kier alpha value is -3.19. The lowest BCUT2D eigenvalue weighted by Gasteiger charge is -2.16. The van der Waals surface area contributed by atoms with Gasteiger partial charge in [0.15, 0.2) is 6.29 Å². The lowest BCUT2D eigenvalue weighted by Crippen LogP contribution is -2.25. The number of nitrogens with zero attached hydrogens (tertiary/aromatic N) is 2. The molecule has 0 atom stereocenters. The molecule has 0 unspecified atom stereocenters. The molecule has 0 saturated carbocycles. The number of carbonyl (C=O) groups excluding carboxylic acids is 1. The molecule has 1 aromatic heterocycles. The molecule has 0 bridgehead atoms. The Morgan fingerprint density at radius 2 is 1.45 bits per heavy atom. The van der Waals surface area contributed by atoms with Crippen molar-refractivity contribution in [3.63, 3.8) is 0 Å². The van der Waals surface area contributed by atoms with Crippen LogP contribution in [0.5, 0.6) is 11.5 Å². The number of likely N-dealkylation sites (tertiary alicyclic amines) is 2. The van der Waals surface area contributed by atoms with Gasteiger partial charge in [-0.2, -0.15) is 0 Å². The quantitative estimate of drug-likeness (QED) is 0.178. The molecule has 2 aliphatic rings. The number of carbonyl (C=O) groups is 1. The summed E-state index contributed by atoms with van der Waals surface area (Å²) in [6.07, 6.45) is 6.88. The van der Waals surface area contributed by atoms with Gasteiger partial charge in [-0.3, -0.25) is 14.6 Å². The highest BCUT2D eigenvalue weighted by Gasteiger charge is 2.17. The smallest absolute Gasteiger partial charge is 0.153 e. The molecule has 6 rings (SSSR count). The summed E-state index contributed by atoms with van der Waals surface area (Å²) in [5.41, 5.74) is 4.21. The molecule has 5 nitrogen and oxygen atoms in total. The van der Waals surface area contributed by atoms with Crippen molar-refractivity contribution in [3.05, 3.63) is 83.4 Å². The van der Waals surface area contributed by atoms with E-state index in [9.17, 15) is 4.79 Å². The summed E-state index contributed by atoms with van der Waals surface area (Å²) in [7, 11) is 0. The number of benzene rings is 3. The molecular formula is C34H38N2O3S. The van der Waals surface area contributed by atoms with E-state index in [-0.39, 0.29) is 0 Å². The molecule has 0 amide bonds. The van der Waals surface area contributed by atoms with E-state index in [4.69, 9.17) is 9.47 Å². The van der Waals surface area contributed by atoms with Crippen LogP contribution in [-0.2, 0) is 6.42 Å². The lowest BCUT2D eigenvalue weighted by molar-refractivity contribution is 0.111. The van der Waals surface area contributed by atoms with Gasteiger partial charge in [-0.15, -0.1) is 11.3 Å². The van der Waals surface area contributed by atoms with Gasteiger partial charge in [-0.1, -0.05) is 30.3 Å². The van der Waals surface area contributed by atoms with Crippen molar-refractivity contribution in [2.24, 2.45) is 0 Å². The maximum Gasteiger partial charge on any atom is 0.153 e. The fourth-order valence-electron chi connectivity index (χ4n) is 5.92. The summed E-state index contributed by atoms with van der Waals surface area (Å²) in [4.78, 5) is 18.2. The average molecular weight is 555 g/mol. The van der Waals surface area contributed by atoms with Crippen LogP contribution in [0.1, 0.15) is 47.2 Å². The van der Waals surface area contributed by atoms with Crippen LogP contribution in [0.3, 0.4) is 0 Å². The Labute approximate surface area is 241 Å². The van der Waals surface area contributed by atoms with Crippen LogP contribution in [0.25, 0.3) is 20.5 Å². The Morgan fingerprint density at radius 1 is 0.775 bits per heavy atom. The number of aldehydes is 1. The average Bonchev–Trinajstić information content (AvgIpc) is 3.77. The highest BCUT2D eigenvalue weighted by molar-refractivity contribution is 7.22. The van der Waals surface area contributed by atoms with Crippen molar-refractivity contribution in [3.8, 4) is 21.9 Å². The van der Waals surface area contributed by atoms with Gasteiger partial charge in [0.2, 0.25) is 0 Å². The molecular weight excluding hydrogens is 516 g/mol. The van der Waals surface area contributed by atoms with Crippen LogP contribution in [0.2, 0.25) is 0 Å². The molecule has 2 fully saturated rings. The first-order valence-corrected chi connectivity index (χ1v) is 15.5. The highest BCUT2D eigenvalue weighted by atomic mass is 32.1. The zero-order valence-corrected chi connectivity index (χ0v) is 24.0. The Morgan fingerprint density at radius 3 is 2.15 bits per heavy atom. The molecule has 4 aromatic rings. The van der Waals surface area contributed by atoms with Gasteiger partial charge in [0.25, 0.3) is 0 Å². The fourth-order valence-corrected chi connectivity index (χ4v) is 7.14. The first-order valence-electron chi connectivity index (χ1n) is 14.7. The van der Waals surface area contributed by atoms with Crippen LogP contribution in [0.4, 0.5) is 0 Å². The first kappa shape index (κ1) is 27.0. The zero-order chi connectivity index (χ0) is 27.1. The van der Waals surface area contributed by atoms with E-state index in [0.29, 0.717) is 17.9 Å². The predicted octanol–water partition coefficient (Wildman–Crippen LogP) is 6.92. The second kappa shape index (κ2) is 13.0. The Balaban J connectivity index is 1.18. The summed E-state index contributed by atoms with van der Waals surface area (Å²) in [6.45, 7) is 7.92. The van der Waals surface area contributed by atoms with Crippen LogP contribution < -0.4 is 9.47 Å². The van der Waals surface area contributed by atoms with Crippen molar-refractivity contribution in [1.29, 1.82) is 0 Å². The number of rotatable bonds is 12. The standard InChI is InChI=1S/C34H38N2O3S/c37-25-28-24-27(11-14-32(28)39-22-20-36-17-5-6-18-36)34-31(30-7-1-2-8-33(30)40-34)23-26-9-12-29(13-10-26)38-21-19-35-15-3-4-16-35/h1-2,7-14,24-25H,3-6,15-23H2. The van der Waals surface area contributed by atoms with E-state index in [0.717, 1.165) is 56.8 Å². The number of fused-ring (bicyclic) bond motifs is 1. The minimum atomic E-state index is 0.603. The van der Waals surface area contributed by atoms with Gasteiger partial charge in [0.1, 0.15) is 24.7 Å². The van der Waals surface area contributed by atoms with Crippen molar-refractivity contribution in [2.45, 2.75) is 32.1 Å². The SMILES string of the molecule is O=Cc1cc(-c2sc3ccccc3c2Cc2ccc(OCCN3CCCC3)cc2)ccc1OCCN1CCCC1. The molecule has 2 aliphatic heterocycles. The van der Waals surface area contributed by atoms with E-state index < -0.39 is 0 Å². The Kier molecular flexibility index (Phi) is 8.77. The number of ether oxygens (including phenoxy) is 2. The summed E-state index contributed by atoms with van der Waals surface area (Å²) in [5, 5.41) is 1.27.